The van der Waals surface area contributed by atoms with Gasteiger partial charge in [0, 0.05) is 0 Å². The van der Waals surface area contributed by atoms with Crippen molar-refractivity contribution in [1.82, 2.24) is 5.43 Å². The summed E-state index contributed by atoms with van der Waals surface area (Å²) in [6, 6.07) is -0.903. The molecule has 0 heterocycles. The number of rotatable bonds is 2. The summed E-state index contributed by atoms with van der Waals surface area (Å²) >= 11 is 5.12. The van der Waals surface area contributed by atoms with Gasteiger partial charge in [-0.25, -0.2) is 8.76 Å². The minimum absolute atomic E-state index is 0.386. The van der Waals surface area contributed by atoms with E-state index in [2.05, 4.69) is 41.3 Å². The maximum Gasteiger partial charge on any atom is 0.253 e. The van der Waals surface area contributed by atoms with E-state index in [4.69, 9.17) is 10.8 Å². The SMILES string of the molecule is BrOBr.NNC(=O)[C@@H](N)CO. The zero-order valence-electron chi connectivity index (χ0n) is 5.46. The molecule has 0 aromatic heterocycles. The van der Waals surface area contributed by atoms with Crippen molar-refractivity contribution in [3.8, 4) is 0 Å². The van der Waals surface area contributed by atoms with Crippen LogP contribution in [0.3, 0.4) is 0 Å². The van der Waals surface area contributed by atoms with Crippen LogP contribution in [0, 0.1) is 0 Å². The van der Waals surface area contributed by atoms with Gasteiger partial charge in [-0.3, -0.25) is 10.2 Å². The molecule has 0 bridgehead atoms. The topological polar surface area (TPSA) is 111 Å². The smallest absolute Gasteiger partial charge is 0.253 e. The van der Waals surface area contributed by atoms with E-state index in [1.807, 2.05) is 0 Å². The third kappa shape index (κ3) is 10.3. The number of carbonyl (C=O) groups excluding carboxylic acids is 1. The lowest BCUT2D eigenvalue weighted by Crippen LogP contribution is -2.45. The maximum absolute atomic E-state index is 10.2. The molecule has 0 aromatic rings. The minimum Gasteiger partial charge on any atom is -0.394 e. The van der Waals surface area contributed by atoms with Crippen molar-refractivity contribution in [1.29, 1.82) is 0 Å². The van der Waals surface area contributed by atoms with Crippen LogP contribution in [0.4, 0.5) is 0 Å². The van der Waals surface area contributed by atoms with Gasteiger partial charge >= 0.3 is 0 Å². The molecule has 68 valence electrons. The van der Waals surface area contributed by atoms with Crippen molar-refractivity contribution in [3.63, 3.8) is 0 Å². The summed E-state index contributed by atoms with van der Waals surface area (Å²) in [5, 5.41) is 8.19. The number of amides is 1. The molecule has 8 heteroatoms. The molecule has 0 saturated heterocycles. The summed E-state index contributed by atoms with van der Waals surface area (Å²) in [5.74, 6) is 4.10. The molecular weight excluding hydrogens is 286 g/mol. The number of hydrogen-bond donors (Lipinski definition) is 4. The molecule has 11 heavy (non-hydrogen) atoms. The molecule has 6 nitrogen and oxygen atoms in total. The zero-order valence-corrected chi connectivity index (χ0v) is 8.63. The van der Waals surface area contributed by atoms with Gasteiger partial charge in [0.15, 0.2) is 0 Å². The van der Waals surface area contributed by atoms with E-state index < -0.39 is 11.9 Å². The van der Waals surface area contributed by atoms with Gasteiger partial charge in [-0.05, 0) is 0 Å². The maximum atomic E-state index is 10.2. The van der Waals surface area contributed by atoms with Crippen molar-refractivity contribution in [3.05, 3.63) is 0 Å². The number of hydrogen-bond acceptors (Lipinski definition) is 5. The molecular formula is C3H9Br2N3O3. The second-order valence-electron chi connectivity index (χ2n) is 1.36. The fourth-order valence-corrected chi connectivity index (χ4v) is 0.190. The molecule has 0 aliphatic rings. The fourth-order valence-electron chi connectivity index (χ4n) is 0.190. The molecule has 0 aliphatic heterocycles. The highest BCUT2D eigenvalue weighted by atomic mass is 79.9. The molecule has 0 saturated carbocycles. The van der Waals surface area contributed by atoms with Gasteiger partial charge in [-0.2, -0.15) is 0 Å². The van der Waals surface area contributed by atoms with Crippen LogP contribution >= 0.6 is 32.5 Å². The van der Waals surface area contributed by atoms with E-state index >= 15 is 0 Å². The first kappa shape index (κ1) is 13.8. The molecule has 0 spiro atoms. The third-order valence-corrected chi connectivity index (χ3v) is 0.676. The molecule has 1 atom stereocenters. The van der Waals surface area contributed by atoms with Gasteiger partial charge in [0.25, 0.3) is 5.91 Å². The third-order valence-electron chi connectivity index (χ3n) is 0.676. The Morgan fingerprint density at radius 1 is 1.73 bits per heavy atom. The molecule has 0 aliphatic carbocycles. The summed E-state index contributed by atoms with van der Waals surface area (Å²) < 4.78 is 3.88. The van der Waals surface area contributed by atoms with Crippen LogP contribution in [-0.4, -0.2) is 23.7 Å². The summed E-state index contributed by atoms with van der Waals surface area (Å²) in [7, 11) is 0. The molecule has 0 fully saturated rings. The molecule has 6 N–H and O–H groups in total. The highest BCUT2D eigenvalue weighted by Gasteiger charge is 2.07. The summed E-state index contributed by atoms with van der Waals surface area (Å²) in [6.07, 6.45) is 0. The lowest BCUT2D eigenvalue weighted by molar-refractivity contribution is -0.123. The number of carbonyl (C=O) groups is 1. The molecule has 0 rings (SSSR count). The molecule has 0 unspecified atom stereocenters. The van der Waals surface area contributed by atoms with Crippen molar-refractivity contribution in [2.45, 2.75) is 6.04 Å². The van der Waals surface area contributed by atoms with Crippen molar-refractivity contribution in [2.75, 3.05) is 6.61 Å². The van der Waals surface area contributed by atoms with Gasteiger partial charge in [-0.1, -0.05) is 0 Å². The van der Waals surface area contributed by atoms with Crippen molar-refractivity contribution < 1.29 is 12.8 Å². The lowest BCUT2D eigenvalue weighted by atomic mass is 10.3. The fraction of sp³-hybridized carbons (Fsp3) is 0.667. The monoisotopic (exact) mass is 293 g/mol. The van der Waals surface area contributed by atoms with E-state index in [1.54, 1.807) is 5.43 Å². The summed E-state index contributed by atoms with van der Waals surface area (Å²) in [5.41, 5.74) is 6.78. The van der Waals surface area contributed by atoms with Crippen LogP contribution in [0.5, 0.6) is 0 Å². The number of aliphatic hydroxyl groups excluding tert-OH is 1. The van der Waals surface area contributed by atoms with Crippen molar-refractivity contribution >= 4 is 38.4 Å². The second-order valence-corrected chi connectivity index (χ2v) is 2.87. The van der Waals surface area contributed by atoms with Gasteiger partial charge in [-0.15, -0.1) is 0 Å². The summed E-state index contributed by atoms with van der Waals surface area (Å²) in [6.45, 7) is -0.386. The molecule has 1 amide bonds. The standard InChI is InChI=1S/C3H9N3O2.Br2O/c4-2(1-7)3(8)6-5;1-3-2/h2,7H,1,4-5H2,(H,6,8);/t2-;/m0./s1. The number of aliphatic hydroxyl groups is 1. The average Bonchev–Trinajstić information content (AvgIpc) is 2.03. The Morgan fingerprint density at radius 2 is 2.09 bits per heavy atom. The highest BCUT2D eigenvalue weighted by Crippen LogP contribution is 1.88. The Bertz CT molecular complexity index is 104. The minimum atomic E-state index is -0.903. The van der Waals surface area contributed by atoms with Crippen LogP contribution in [-0.2, 0) is 7.71 Å². The number of nitrogens with one attached hydrogen (secondary N) is 1. The van der Waals surface area contributed by atoms with E-state index in [9.17, 15) is 4.79 Å². The van der Waals surface area contributed by atoms with Gasteiger partial charge < -0.3 is 10.8 Å². The lowest BCUT2D eigenvalue weighted by Gasteiger charge is -2.03. The van der Waals surface area contributed by atoms with E-state index in [-0.39, 0.29) is 6.61 Å². The van der Waals surface area contributed by atoms with Crippen LogP contribution in [0.15, 0.2) is 0 Å². The Balaban J connectivity index is 0. The first-order valence-electron chi connectivity index (χ1n) is 2.40. The van der Waals surface area contributed by atoms with Crippen LogP contribution in [0.2, 0.25) is 0 Å². The zero-order chi connectivity index (χ0) is 9.28. The summed E-state index contributed by atoms with van der Waals surface area (Å²) in [4.78, 5) is 10.2. The second kappa shape index (κ2) is 10.3. The van der Waals surface area contributed by atoms with Crippen LogP contribution in [0.1, 0.15) is 0 Å². The first-order chi connectivity index (χ1) is 5.13. The first-order valence-corrected chi connectivity index (χ1v) is 3.69. The van der Waals surface area contributed by atoms with Gasteiger partial charge in [0.2, 0.25) is 0 Å². The Morgan fingerprint density at radius 3 is 2.18 bits per heavy atom. The van der Waals surface area contributed by atoms with E-state index in [0.29, 0.717) is 0 Å². The molecule has 0 radical (unpaired) electrons. The van der Waals surface area contributed by atoms with Crippen LogP contribution < -0.4 is 17.0 Å². The van der Waals surface area contributed by atoms with Gasteiger partial charge in [0.1, 0.15) is 38.6 Å². The quantitative estimate of drug-likeness (QED) is 0.294. The average molecular weight is 295 g/mol. The van der Waals surface area contributed by atoms with Crippen LogP contribution in [0.25, 0.3) is 0 Å². The van der Waals surface area contributed by atoms with E-state index in [1.165, 1.54) is 0 Å². The number of nitrogens with two attached hydrogens (primary N) is 2. The van der Waals surface area contributed by atoms with Gasteiger partial charge in [0.05, 0.1) is 6.61 Å². The number of hydrazine groups is 1. The highest BCUT2D eigenvalue weighted by molar-refractivity contribution is 9.18. The Labute approximate surface area is 81.1 Å². The normalized spacial score (nSPS) is 11.0. The predicted octanol–water partition coefficient (Wildman–Crippen LogP) is -1.08. The molecule has 0 aromatic carbocycles. The largest absolute Gasteiger partial charge is 0.394 e. The number of halogens is 2. The Kier molecular flexibility index (Phi) is 12.9. The Hall–Kier alpha value is 0.270. The predicted molar refractivity (Wildman–Crippen MR) is 46.3 cm³/mol. The van der Waals surface area contributed by atoms with Crippen molar-refractivity contribution in [2.24, 2.45) is 11.6 Å². The van der Waals surface area contributed by atoms with E-state index in [0.717, 1.165) is 0 Å².